The van der Waals surface area contributed by atoms with Crippen molar-refractivity contribution in [3.63, 3.8) is 0 Å². The summed E-state index contributed by atoms with van der Waals surface area (Å²) in [4.78, 5) is 13.9. The van der Waals surface area contributed by atoms with Gasteiger partial charge in [-0.15, -0.1) is 0 Å². The Balaban J connectivity index is 1.74. The minimum Gasteiger partial charge on any atom is -0.363 e. The molecular weight excluding hydrogens is 413 g/mol. The van der Waals surface area contributed by atoms with Crippen LogP contribution in [0.15, 0.2) is 54.6 Å². The predicted molar refractivity (Wildman–Crippen MR) is 131 cm³/mol. The summed E-state index contributed by atoms with van der Waals surface area (Å²) >= 11 is 0. The van der Waals surface area contributed by atoms with Crippen molar-refractivity contribution in [3.8, 4) is 0 Å². The lowest BCUT2D eigenvalue weighted by Gasteiger charge is -2.38. The van der Waals surface area contributed by atoms with Gasteiger partial charge in [0.25, 0.3) is 0 Å². The molecule has 174 valence electrons. The van der Waals surface area contributed by atoms with Crippen LogP contribution in [-0.2, 0) is 11.0 Å². The molecule has 0 radical (unpaired) electrons. The number of aromatic nitrogens is 2. The molecule has 1 aromatic heterocycles. The van der Waals surface area contributed by atoms with Crippen LogP contribution >= 0.6 is 0 Å². The molecule has 1 unspecified atom stereocenters. The number of nitrogens with one attached hydrogen (secondary N) is 1. The number of halogens is 1. The summed E-state index contributed by atoms with van der Waals surface area (Å²) in [6.07, 6.45) is 2.83. The van der Waals surface area contributed by atoms with E-state index in [2.05, 4.69) is 45.1 Å². The van der Waals surface area contributed by atoms with Gasteiger partial charge in [-0.1, -0.05) is 62.4 Å². The Kier molecular flexibility index (Phi) is 6.17. The number of anilines is 1. The number of aryl methyl sites for hydroxylation is 1. The largest absolute Gasteiger partial charge is 0.363 e. The number of fused-ring (bicyclic) bond motifs is 1. The third-order valence-electron chi connectivity index (χ3n) is 7.45. The molecule has 2 aromatic carbocycles. The number of carbonyl (C=O) groups is 1. The number of Topliss-reactive ketones (excluding diaryl/α,β-unsaturated/α-hetero) is 1. The molecule has 0 bridgehead atoms. The third-order valence-corrected chi connectivity index (χ3v) is 7.45. The molecule has 1 aliphatic rings. The Morgan fingerprint density at radius 1 is 1.12 bits per heavy atom. The van der Waals surface area contributed by atoms with Crippen LogP contribution in [0.2, 0.25) is 0 Å². The molecule has 0 aliphatic carbocycles. The second kappa shape index (κ2) is 8.77. The lowest BCUT2D eigenvalue weighted by Crippen LogP contribution is -2.38. The second-order valence-corrected chi connectivity index (χ2v) is 9.91. The summed E-state index contributed by atoms with van der Waals surface area (Å²) in [5.74, 6) is 0.554. The van der Waals surface area contributed by atoms with E-state index in [0.29, 0.717) is 29.8 Å². The second-order valence-electron chi connectivity index (χ2n) is 9.91. The number of nitrogens with zero attached hydrogens (tertiary/aromatic N) is 2. The first-order chi connectivity index (χ1) is 15.7. The van der Waals surface area contributed by atoms with Crippen LogP contribution in [0.1, 0.15) is 86.6 Å². The van der Waals surface area contributed by atoms with Crippen molar-refractivity contribution in [3.05, 3.63) is 82.8 Å². The van der Waals surface area contributed by atoms with E-state index in [1.807, 2.05) is 41.9 Å². The van der Waals surface area contributed by atoms with Gasteiger partial charge in [-0.05, 0) is 51.7 Å². The highest BCUT2D eigenvalue weighted by atomic mass is 19.1. The molecule has 1 atom stereocenters. The van der Waals surface area contributed by atoms with Crippen LogP contribution in [0.4, 0.5) is 10.2 Å². The SMILES string of the molecule is CCC(CC)(CC(=O)c1c(C)nn2c1NC(c1ccccc1F)CC2(C)C)c1ccccc1. The zero-order valence-electron chi connectivity index (χ0n) is 20.3. The molecule has 1 aliphatic heterocycles. The van der Waals surface area contributed by atoms with Gasteiger partial charge in [-0.25, -0.2) is 9.07 Å². The Hall–Kier alpha value is -2.95. The van der Waals surface area contributed by atoms with Gasteiger partial charge in [0.1, 0.15) is 11.6 Å². The van der Waals surface area contributed by atoms with E-state index in [0.717, 1.165) is 18.5 Å². The zero-order valence-corrected chi connectivity index (χ0v) is 20.3. The topological polar surface area (TPSA) is 46.9 Å². The first-order valence-corrected chi connectivity index (χ1v) is 11.9. The van der Waals surface area contributed by atoms with Crippen LogP contribution in [0.25, 0.3) is 0 Å². The van der Waals surface area contributed by atoms with E-state index in [9.17, 15) is 9.18 Å². The van der Waals surface area contributed by atoms with Crippen molar-refractivity contribution >= 4 is 11.6 Å². The fraction of sp³-hybridized carbons (Fsp3) is 0.429. The van der Waals surface area contributed by atoms with Gasteiger partial charge in [0.2, 0.25) is 0 Å². The molecule has 0 saturated carbocycles. The summed E-state index contributed by atoms with van der Waals surface area (Å²) in [5, 5.41) is 8.25. The number of hydrogen-bond donors (Lipinski definition) is 1. The standard InChI is InChI=1S/C28H34FN3O/c1-6-28(7-2,20-13-9-8-10-14-20)18-24(33)25-19(3)31-32-26(25)30-23(17-27(32,4)5)21-15-11-12-16-22(21)29/h8-16,23,30H,6-7,17-18H2,1-5H3. The van der Waals surface area contributed by atoms with E-state index in [1.54, 1.807) is 6.07 Å². The maximum atomic E-state index is 14.6. The monoisotopic (exact) mass is 447 g/mol. The van der Waals surface area contributed by atoms with Crippen LogP contribution in [0.3, 0.4) is 0 Å². The molecule has 2 heterocycles. The Morgan fingerprint density at radius 3 is 2.39 bits per heavy atom. The lowest BCUT2D eigenvalue weighted by atomic mass is 9.71. The fourth-order valence-corrected chi connectivity index (χ4v) is 5.38. The quantitative estimate of drug-likeness (QED) is 0.399. The van der Waals surface area contributed by atoms with Crippen molar-refractivity contribution in [1.82, 2.24) is 9.78 Å². The summed E-state index contributed by atoms with van der Waals surface area (Å²) in [7, 11) is 0. The van der Waals surface area contributed by atoms with Crippen LogP contribution in [0, 0.1) is 12.7 Å². The summed E-state index contributed by atoms with van der Waals surface area (Å²) in [6, 6.07) is 17.0. The van der Waals surface area contributed by atoms with Crippen molar-refractivity contribution < 1.29 is 9.18 Å². The molecule has 5 heteroatoms. The number of ketones is 1. The van der Waals surface area contributed by atoms with Gasteiger partial charge in [-0.3, -0.25) is 4.79 Å². The summed E-state index contributed by atoms with van der Waals surface area (Å²) in [6.45, 7) is 10.4. The first kappa shape index (κ1) is 23.2. The van der Waals surface area contributed by atoms with Gasteiger partial charge in [0.15, 0.2) is 5.78 Å². The summed E-state index contributed by atoms with van der Waals surface area (Å²) in [5.41, 5.74) is 2.58. The van der Waals surface area contributed by atoms with Crippen LogP contribution in [0.5, 0.6) is 0 Å². The maximum absolute atomic E-state index is 14.6. The van der Waals surface area contributed by atoms with E-state index in [1.165, 1.54) is 11.6 Å². The average Bonchev–Trinajstić information content (AvgIpc) is 3.15. The van der Waals surface area contributed by atoms with Gasteiger partial charge < -0.3 is 5.32 Å². The molecule has 0 fully saturated rings. The molecule has 0 amide bonds. The predicted octanol–water partition coefficient (Wildman–Crippen LogP) is 6.95. The minimum absolute atomic E-state index is 0.0822. The highest BCUT2D eigenvalue weighted by Gasteiger charge is 2.40. The fourth-order valence-electron chi connectivity index (χ4n) is 5.38. The average molecular weight is 448 g/mol. The Morgan fingerprint density at radius 2 is 1.76 bits per heavy atom. The minimum atomic E-state index is -0.358. The van der Waals surface area contributed by atoms with E-state index >= 15 is 0 Å². The van der Waals surface area contributed by atoms with E-state index in [-0.39, 0.29) is 28.6 Å². The first-order valence-electron chi connectivity index (χ1n) is 11.9. The molecular formula is C28H34FN3O. The van der Waals surface area contributed by atoms with Gasteiger partial charge >= 0.3 is 0 Å². The van der Waals surface area contributed by atoms with Gasteiger partial charge in [0.05, 0.1) is 22.8 Å². The smallest absolute Gasteiger partial charge is 0.169 e. The van der Waals surface area contributed by atoms with Crippen LogP contribution < -0.4 is 5.32 Å². The number of carbonyl (C=O) groups excluding carboxylic acids is 1. The lowest BCUT2D eigenvalue weighted by molar-refractivity contribution is 0.0944. The molecule has 4 nitrogen and oxygen atoms in total. The number of rotatable bonds is 7. The van der Waals surface area contributed by atoms with Crippen LogP contribution in [-0.4, -0.2) is 15.6 Å². The van der Waals surface area contributed by atoms with E-state index in [4.69, 9.17) is 5.10 Å². The maximum Gasteiger partial charge on any atom is 0.169 e. The summed E-state index contributed by atoms with van der Waals surface area (Å²) < 4.78 is 16.6. The molecule has 4 rings (SSSR count). The third kappa shape index (κ3) is 4.09. The van der Waals surface area contributed by atoms with E-state index < -0.39 is 0 Å². The van der Waals surface area contributed by atoms with Crippen molar-refractivity contribution in [2.24, 2.45) is 0 Å². The molecule has 0 spiro atoms. The zero-order chi connectivity index (χ0) is 23.8. The van der Waals surface area contributed by atoms with Gasteiger partial charge in [-0.2, -0.15) is 5.10 Å². The van der Waals surface area contributed by atoms with Gasteiger partial charge in [0, 0.05) is 17.4 Å². The highest BCUT2D eigenvalue weighted by molar-refractivity contribution is 6.02. The van der Waals surface area contributed by atoms with Crippen molar-refractivity contribution in [1.29, 1.82) is 0 Å². The highest BCUT2D eigenvalue weighted by Crippen LogP contribution is 2.43. The number of hydrogen-bond acceptors (Lipinski definition) is 3. The van der Waals surface area contributed by atoms with Crippen molar-refractivity contribution in [2.45, 2.75) is 77.3 Å². The Bertz CT molecular complexity index is 1150. The number of benzene rings is 2. The molecule has 1 N–H and O–H groups in total. The molecule has 33 heavy (non-hydrogen) atoms. The van der Waals surface area contributed by atoms with Crippen molar-refractivity contribution in [2.75, 3.05) is 5.32 Å². The molecule has 3 aromatic rings. The Labute approximate surface area is 196 Å². The normalized spacial score (nSPS) is 17.3. The molecule has 0 saturated heterocycles.